The highest BCUT2D eigenvalue weighted by Crippen LogP contribution is 2.19. The van der Waals surface area contributed by atoms with Gasteiger partial charge in [0.25, 0.3) is 0 Å². The topological polar surface area (TPSA) is 58.5 Å². The van der Waals surface area contributed by atoms with Gasteiger partial charge in [0.05, 0.1) is 17.2 Å². The summed E-state index contributed by atoms with van der Waals surface area (Å²) >= 11 is 1.76. The molecule has 0 atom stereocenters. The Morgan fingerprint density at radius 2 is 2.07 bits per heavy atom. The van der Waals surface area contributed by atoms with Crippen molar-refractivity contribution in [3.63, 3.8) is 0 Å². The van der Waals surface area contributed by atoms with Crippen molar-refractivity contribution >= 4 is 41.3 Å². The molecular formula is C20H29IN4OS. The maximum absolute atomic E-state index is 5.70. The van der Waals surface area contributed by atoms with Crippen LogP contribution in [-0.4, -0.2) is 30.6 Å². The van der Waals surface area contributed by atoms with Crippen molar-refractivity contribution in [3.05, 3.63) is 58.1 Å². The number of para-hydroxylation sites is 1. The van der Waals surface area contributed by atoms with Crippen LogP contribution in [0, 0.1) is 13.8 Å². The molecule has 0 radical (unpaired) electrons. The number of guanidine groups is 1. The summed E-state index contributed by atoms with van der Waals surface area (Å²) in [5.41, 5.74) is 2.18. The van der Waals surface area contributed by atoms with Crippen LogP contribution in [0.25, 0.3) is 0 Å². The highest BCUT2D eigenvalue weighted by molar-refractivity contribution is 14.0. The summed E-state index contributed by atoms with van der Waals surface area (Å²) in [5, 5.41) is 7.82. The van der Waals surface area contributed by atoms with Gasteiger partial charge in [0.1, 0.15) is 12.4 Å². The van der Waals surface area contributed by atoms with Gasteiger partial charge in [0.15, 0.2) is 5.96 Å². The number of aliphatic imine (C=N–C) groups is 1. The molecule has 0 saturated heterocycles. The van der Waals surface area contributed by atoms with E-state index in [2.05, 4.69) is 48.0 Å². The first-order chi connectivity index (χ1) is 12.6. The lowest BCUT2D eigenvalue weighted by atomic mass is 10.2. The first kappa shape index (κ1) is 23.4. The molecule has 2 N–H and O–H groups in total. The van der Waals surface area contributed by atoms with E-state index in [1.165, 1.54) is 4.88 Å². The number of benzene rings is 1. The van der Waals surface area contributed by atoms with E-state index in [4.69, 9.17) is 4.74 Å². The Morgan fingerprint density at radius 3 is 2.74 bits per heavy atom. The van der Waals surface area contributed by atoms with Crippen LogP contribution >= 0.6 is 35.3 Å². The lowest BCUT2D eigenvalue weighted by Crippen LogP contribution is -2.38. The Balaban J connectivity index is 0.00000364. The molecule has 1 heterocycles. The van der Waals surface area contributed by atoms with Gasteiger partial charge in [-0.3, -0.25) is 0 Å². The smallest absolute Gasteiger partial charge is 0.191 e. The summed E-state index contributed by atoms with van der Waals surface area (Å²) in [6, 6.07) is 7.96. The van der Waals surface area contributed by atoms with Gasteiger partial charge in [0, 0.05) is 30.0 Å². The number of nitrogens with zero attached hydrogens (tertiary/aromatic N) is 2. The number of aryl methyl sites for hydroxylation is 2. The van der Waals surface area contributed by atoms with E-state index in [0.717, 1.165) is 47.5 Å². The van der Waals surface area contributed by atoms with Crippen molar-refractivity contribution in [2.75, 3.05) is 19.7 Å². The predicted molar refractivity (Wildman–Crippen MR) is 126 cm³/mol. The highest BCUT2D eigenvalue weighted by atomic mass is 127. The van der Waals surface area contributed by atoms with E-state index >= 15 is 0 Å². The number of hydrogen-bond acceptors (Lipinski definition) is 4. The fourth-order valence-corrected chi connectivity index (χ4v) is 3.30. The lowest BCUT2D eigenvalue weighted by Gasteiger charge is -2.12. The van der Waals surface area contributed by atoms with Crippen molar-refractivity contribution in [2.24, 2.45) is 4.99 Å². The summed E-state index contributed by atoms with van der Waals surface area (Å²) in [7, 11) is 0. The zero-order valence-corrected chi connectivity index (χ0v) is 19.4. The van der Waals surface area contributed by atoms with Crippen LogP contribution in [0.5, 0.6) is 5.75 Å². The van der Waals surface area contributed by atoms with E-state index in [1.54, 1.807) is 17.4 Å². The molecule has 0 aliphatic heterocycles. The molecule has 0 amide bonds. The second-order valence-corrected chi connectivity index (χ2v) is 7.12. The quantitative estimate of drug-likeness (QED) is 0.234. The Hall–Kier alpha value is -1.61. The zero-order valence-electron chi connectivity index (χ0n) is 16.2. The first-order valence-electron chi connectivity index (χ1n) is 8.90. The number of aromatic nitrogens is 1. The fourth-order valence-electron chi connectivity index (χ4n) is 2.36. The van der Waals surface area contributed by atoms with E-state index < -0.39 is 0 Å². The van der Waals surface area contributed by atoms with Crippen molar-refractivity contribution in [2.45, 2.75) is 33.7 Å². The summed E-state index contributed by atoms with van der Waals surface area (Å²) < 4.78 is 5.70. The number of rotatable bonds is 9. The molecule has 2 aromatic rings. The van der Waals surface area contributed by atoms with Gasteiger partial charge in [0.2, 0.25) is 0 Å². The number of thiazole rings is 1. The van der Waals surface area contributed by atoms with Crippen LogP contribution in [-0.2, 0) is 13.0 Å². The third-order valence-electron chi connectivity index (χ3n) is 3.79. The van der Waals surface area contributed by atoms with Crippen molar-refractivity contribution in [1.29, 1.82) is 0 Å². The van der Waals surface area contributed by atoms with Crippen LogP contribution in [0.4, 0.5) is 0 Å². The molecule has 0 bridgehead atoms. The number of ether oxygens (including phenoxy) is 1. The summed E-state index contributed by atoms with van der Waals surface area (Å²) in [4.78, 5) is 10.5. The molecule has 0 aliphatic rings. The van der Waals surface area contributed by atoms with E-state index in [-0.39, 0.29) is 24.0 Å². The summed E-state index contributed by atoms with van der Waals surface area (Å²) in [5.74, 6) is 1.65. The van der Waals surface area contributed by atoms with Crippen molar-refractivity contribution in [1.82, 2.24) is 15.6 Å². The maximum atomic E-state index is 5.70. The van der Waals surface area contributed by atoms with Gasteiger partial charge < -0.3 is 15.4 Å². The predicted octanol–water partition coefficient (Wildman–Crippen LogP) is 4.24. The molecule has 2 rings (SSSR count). The third kappa shape index (κ3) is 7.88. The fraction of sp³-hybridized carbons (Fsp3) is 0.400. The van der Waals surface area contributed by atoms with Gasteiger partial charge in [-0.05, 0) is 26.8 Å². The molecule has 0 aliphatic carbocycles. The standard InChI is InChI=1S/C20H28N4OS.HI/c1-5-13-25-18-10-8-7-9-17(18)14-23-20(21-6-2)22-12-11-19-24-15(3)16(4)26-19;/h5,7-10H,1,6,11-14H2,2-4H3,(H2,21,22,23);1H. The molecule has 0 unspecified atom stereocenters. The van der Waals surface area contributed by atoms with Crippen LogP contribution in [0.1, 0.15) is 28.1 Å². The average molecular weight is 500 g/mol. The van der Waals surface area contributed by atoms with Crippen molar-refractivity contribution < 1.29 is 4.74 Å². The van der Waals surface area contributed by atoms with Crippen LogP contribution in [0.2, 0.25) is 0 Å². The average Bonchev–Trinajstić information content (AvgIpc) is 2.96. The Morgan fingerprint density at radius 1 is 1.30 bits per heavy atom. The SMILES string of the molecule is C=CCOc1ccccc1CN=C(NCC)NCCc1nc(C)c(C)s1.I. The van der Waals surface area contributed by atoms with Gasteiger partial charge in [-0.25, -0.2) is 9.98 Å². The highest BCUT2D eigenvalue weighted by Gasteiger charge is 2.05. The van der Waals surface area contributed by atoms with Gasteiger partial charge >= 0.3 is 0 Å². The molecule has 0 saturated carbocycles. The van der Waals surface area contributed by atoms with Crippen LogP contribution in [0.15, 0.2) is 41.9 Å². The molecule has 5 nitrogen and oxygen atoms in total. The van der Waals surface area contributed by atoms with E-state index in [9.17, 15) is 0 Å². The van der Waals surface area contributed by atoms with Crippen LogP contribution < -0.4 is 15.4 Å². The van der Waals surface area contributed by atoms with Gasteiger partial charge in [-0.2, -0.15) is 0 Å². The van der Waals surface area contributed by atoms with Gasteiger partial charge in [-0.15, -0.1) is 35.3 Å². The number of nitrogens with one attached hydrogen (secondary N) is 2. The number of hydrogen-bond donors (Lipinski definition) is 2. The minimum absolute atomic E-state index is 0. The molecule has 7 heteroatoms. The molecule has 0 fully saturated rings. The third-order valence-corrected chi connectivity index (χ3v) is 4.92. The Kier molecular flexibility index (Phi) is 11.0. The largest absolute Gasteiger partial charge is 0.489 e. The molecule has 0 spiro atoms. The minimum Gasteiger partial charge on any atom is -0.489 e. The molecule has 148 valence electrons. The molecule has 1 aromatic heterocycles. The monoisotopic (exact) mass is 500 g/mol. The second kappa shape index (κ2) is 12.7. The normalized spacial score (nSPS) is 10.9. The van der Waals surface area contributed by atoms with E-state index in [1.807, 2.05) is 24.3 Å². The molecule has 1 aromatic carbocycles. The number of halogens is 1. The molecular weight excluding hydrogens is 471 g/mol. The summed E-state index contributed by atoms with van der Waals surface area (Å²) in [6.07, 6.45) is 2.64. The van der Waals surface area contributed by atoms with Crippen LogP contribution in [0.3, 0.4) is 0 Å². The Labute approximate surface area is 183 Å². The summed E-state index contributed by atoms with van der Waals surface area (Å²) in [6.45, 7) is 12.6. The second-order valence-electron chi connectivity index (χ2n) is 5.83. The maximum Gasteiger partial charge on any atom is 0.191 e. The molecule has 27 heavy (non-hydrogen) atoms. The lowest BCUT2D eigenvalue weighted by molar-refractivity contribution is 0.359. The first-order valence-corrected chi connectivity index (χ1v) is 9.72. The Bertz CT molecular complexity index is 726. The van der Waals surface area contributed by atoms with Gasteiger partial charge in [-0.1, -0.05) is 30.9 Å². The zero-order chi connectivity index (χ0) is 18.8. The minimum atomic E-state index is 0. The van der Waals surface area contributed by atoms with E-state index in [0.29, 0.717) is 13.2 Å². The van der Waals surface area contributed by atoms with Crippen molar-refractivity contribution in [3.8, 4) is 5.75 Å².